The molecule has 8 nitrogen and oxygen atoms in total. The summed E-state index contributed by atoms with van der Waals surface area (Å²) in [4.78, 5) is 23.2. The predicted octanol–water partition coefficient (Wildman–Crippen LogP) is 1.41. The molecule has 2 aromatic rings. The van der Waals surface area contributed by atoms with Crippen molar-refractivity contribution in [2.75, 3.05) is 33.9 Å². The Morgan fingerprint density at radius 1 is 1.37 bits per heavy atom. The molecule has 1 amide bonds. The SMILES string of the molecule is C=Nn1c(C2CN(C(=O)c3ccc(OC)cc3)CCO2)cc(C)nc1=NC. The van der Waals surface area contributed by atoms with Gasteiger partial charge in [-0.25, -0.2) is 9.66 Å². The Morgan fingerprint density at radius 2 is 2.11 bits per heavy atom. The molecule has 1 saturated heterocycles. The second-order valence-corrected chi connectivity index (χ2v) is 6.14. The number of aryl methyl sites for hydroxylation is 1. The van der Waals surface area contributed by atoms with Crippen LogP contribution in [0.15, 0.2) is 40.4 Å². The lowest BCUT2D eigenvalue weighted by Crippen LogP contribution is -2.43. The number of carbonyl (C=O) groups is 1. The Kier molecular flexibility index (Phi) is 5.66. The van der Waals surface area contributed by atoms with Crippen LogP contribution in [0.1, 0.15) is 27.8 Å². The number of benzene rings is 1. The van der Waals surface area contributed by atoms with E-state index in [-0.39, 0.29) is 12.0 Å². The highest BCUT2D eigenvalue weighted by Crippen LogP contribution is 2.23. The Morgan fingerprint density at radius 3 is 2.74 bits per heavy atom. The molecule has 2 heterocycles. The van der Waals surface area contributed by atoms with Gasteiger partial charge in [-0.1, -0.05) is 0 Å². The Balaban J connectivity index is 1.87. The lowest BCUT2D eigenvalue weighted by atomic mass is 10.1. The maximum atomic E-state index is 12.9. The molecule has 0 spiro atoms. The van der Waals surface area contributed by atoms with Crippen LogP contribution in [0.4, 0.5) is 0 Å². The van der Waals surface area contributed by atoms with Crippen LogP contribution in [0, 0.1) is 6.92 Å². The van der Waals surface area contributed by atoms with Crippen molar-refractivity contribution in [2.45, 2.75) is 13.0 Å². The number of carbonyl (C=O) groups excluding carboxylic acids is 1. The fraction of sp³-hybridized carbons (Fsp3) is 0.368. The third kappa shape index (κ3) is 3.90. The van der Waals surface area contributed by atoms with Gasteiger partial charge in [0, 0.05) is 31.6 Å². The van der Waals surface area contributed by atoms with E-state index in [4.69, 9.17) is 9.47 Å². The van der Waals surface area contributed by atoms with Crippen LogP contribution in [0.5, 0.6) is 5.75 Å². The third-order valence-electron chi connectivity index (χ3n) is 4.43. The second-order valence-electron chi connectivity index (χ2n) is 6.14. The summed E-state index contributed by atoms with van der Waals surface area (Å²) in [7, 11) is 3.24. The topological polar surface area (TPSA) is 81.3 Å². The minimum absolute atomic E-state index is 0.0461. The summed E-state index contributed by atoms with van der Waals surface area (Å²) in [6.45, 7) is 6.86. The lowest BCUT2D eigenvalue weighted by Gasteiger charge is -2.33. The van der Waals surface area contributed by atoms with E-state index in [9.17, 15) is 4.79 Å². The van der Waals surface area contributed by atoms with E-state index in [2.05, 4.69) is 21.8 Å². The van der Waals surface area contributed by atoms with Crippen molar-refractivity contribution in [3.63, 3.8) is 0 Å². The van der Waals surface area contributed by atoms with Gasteiger partial charge in [-0.2, -0.15) is 5.10 Å². The zero-order valence-corrected chi connectivity index (χ0v) is 15.8. The van der Waals surface area contributed by atoms with Crippen LogP contribution in [0.25, 0.3) is 0 Å². The van der Waals surface area contributed by atoms with Gasteiger partial charge in [-0.05, 0) is 37.3 Å². The molecule has 1 aromatic heterocycles. The zero-order valence-electron chi connectivity index (χ0n) is 15.8. The van der Waals surface area contributed by atoms with Gasteiger partial charge in [0.2, 0.25) is 5.62 Å². The van der Waals surface area contributed by atoms with E-state index in [1.165, 1.54) is 0 Å². The molecule has 1 aromatic carbocycles. The average molecular weight is 369 g/mol. The molecule has 1 unspecified atom stereocenters. The van der Waals surface area contributed by atoms with Crippen LogP contribution >= 0.6 is 0 Å². The van der Waals surface area contributed by atoms with Gasteiger partial charge < -0.3 is 14.4 Å². The molecule has 1 aliphatic rings. The zero-order chi connectivity index (χ0) is 19.4. The van der Waals surface area contributed by atoms with Crippen molar-refractivity contribution >= 4 is 12.6 Å². The fourth-order valence-corrected chi connectivity index (χ4v) is 3.08. The summed E-state index contributed by atoms with van der Waals surface area (Å²) in [5.74, 6) is 0.669. The fourth-order valence-electron chi connectivity index (χ4n) is 3.08. The molecule has 0 saturated carbocycles. The van der Waals surface area contributed by atoms with Crippen molar-refractivity contribution < 1.29 is 14.3 Å². The van der Waals surface area contributed by atoms with Gasteiger partial charge in [-0.15, -0.1) is 0 Å². The number of amides is 1. The highest BCUT2D eigenvalue weighted by Gasteiger charge is 2.28. The van der Waals surface area contributed by atoms with Crippen LogP contribution in [0.2, 0.25) is 0 Å². The molecule has 0 bridgehead atoms. The van der Waals surface area contributed by atoms with Gasteiger partial charge in [0.05, 0.1) is 26.0 Å². The smallest absolute Gasteiger partial charge is 0.254 e. The van der Waals surface area contributed by atoms with E-state index >= 15 is 0 Å². The van der Waals surface area contributed by atoms with Crippen molar-refractivity contribution in [3.8, 4) is 5.75 Å². The molecule has 1 aliphatic heterocycles. The monoisotopic (exact) mass is 369 g/mol. The van der Waals surface area contributed by atoms with Crippen LogP contribution in [-0.2, 0) is 4.74 Å². The van der Waals surface area contributed by atoms with Crippen LogP contribution in [-0.4, -0.2) is 61.0 Å². The summed E-state index contributed by atoms with van der Waals surface area (Å²) in [5, 5.41) is 4.02. The largest absolute Gasteiger partial charge is 0.497 e. The van der Waals surface area contributed by atoms with Crippen molar-refractivity contribution in [3.05, 3.63) is 52.9 Å². The number of aromatic nitrogens is 2. The Bertz CT molecular complexity index is 905. The van der Waals surface area contributed by atoms with Gasteiger partial charge in [-0.3, -0.25) is 9.79 Å². The molecule has 8 heteroatoms. The van der Waals surface area contributed by atoms with E-state index in [0.29, 0.717) is 36.6 Å². The van der Waals surface area contributed by atoms with Crippen LogP contribution < -0.4 is 10.4 Å². The minimum Gasteiger partial charge on any atom is -0.497 e. The molecule has 27 heavy (non-hydrogen) atoms. The van der Waals surface area contributed by atoms with Crippen molar-refractivity contribution in [2.24, 2.45) is 10.1 Å². The summed E-state index contributed by atoms with van der Waals surface area (Å²) in [5.41, 5.74) is 2.63. The normalized spacial score (nSPS) is 17.7. The lowest BCUT2D eigenvalue weighted by molar-refractivity contribution is -0.0265. The molecule has 0 aliphatic carbocycles. The van der Waals surface area contributed by atoms with E-state index in [1.807, 2.05) is 13.0 Å². The molecule has 1 atom stereocenters. The first-order chi connectivity index (χ1) is 13.1. The Hall–Kier alpha value is -3.00. The summed E-state index contributed by atoms with van der Waals surface area (Å²) < 4.78 is 12.6. The third-order valence-corrected chi connectivity index (χ3v) is 4.43. The number of hydrogen-bond donors (Lipinski definition) is 0. The van der Waals surface area contributed by atoms with E-state index < -0.39 is 0 Å². The highest BCUT2D eigenvalue weighted by molar-refractivity contribution is 5.94. The molecular weight excluding hydrogens is 346 g/mol. The van der Waals surface area contributed by atoms with E-state index in [0.717, 1.165) is 11.4 Å². The standard InChI is InChI=1S/C19H23N5O3/c1-13-11-16(24(21-3)19(20-2)22-13)17-12-23(9-10-27-17)18(25)14-5-7-15(26-4)8-6-14/h5-8,11,17H,3,9-10,12H2,1-2,4H3. The maximum absolute atomic E-state index is 12.9. The quantitative estimate of drug-likeness (QED) is 0.763. The molecule has 0 N–H and O–H groups in total. The summed E-state index contributed by atoms with van der Waals surface area (Å²) >= 11 is 0. The molecule has 0 radical (unpaired) electrons. The number of rotatable bonds is 4. The van der Waals surface area contributed by atoms with Gasteiger partial charge >= 0.3 is 0 Å². The first-order valence-electron chi connectivity index (χ1n) is 8.62. The predicted molar refractivity (Wildman–Crippen MR) is 101 cm³/mol. The number of nitrogens with zero attached hydrogens (tertiary/aromatic N) is 5. The molecule has 142 valence electrons. The number of morpholine rings is 1. The molecular formula is C19H23N5O3. The number of ether oxygens (including phenoxy) is 2. The molecule has 1 fully saturated rings. The van der Waals surface area contributed by atoms with E-state index in [1.54, 1.807) is 48.0 Å². The maximum Gasteiger partial charge on any atom is 0.254 e. The number of hydrogen-bond acceptors (Lipinski definition) is 6. The first kappa shape index (κ1) is 18.8. The number of methoxy groups -OCH3 is 1. The van der Waals surface area contributed by atoms with Crippen molar-refractivity contribution in [1.29, 1.82) is 0 Å². The average Bonchev–Trinajstić information content (AvgIpc) is 2.72. The molecule has 3 rings (SSSR count). The first-order valence-corrected chi connectivity index (χ1v) is 8.62. The van der Waals surface area contributed by atoms with Crippen molar-refractivity contribution in [1.82, 2.24) is 14.6 Å². The minimum atomic E-state index is -0.339. The Labute approximate surface area is 157 Å². The summed E-state index contributed by atoms with van der Waals surface area (Å²) in [6, 6.07) is 8.98. The summed E-state index contributed by atoms with van der Waals surface area (Å²) in [6.07, 6.45) is -0.339. The second kappa shape index (κ2) is 8.13. The highest BCUT2D eigenvalue weighted by atomic mass is 16.5. The van der Waals surface area contributed by atoms with Gasteiger partial charge in [0.1, 0.15) is 11.9 Å². The van der Waals surface area contributed by atoms with Gasteiger partial charge in [0.15, 0.2) is 0 Å². The van der Waals surface area contributed by atoms with Gasteiger partial charge in [0.25, 0.3) is 5.91 Å². The van der Waals surface area contributed by atoms with Crippen LogP contribution in [0.3, 0.4) is 0 Å².